The highest BCUT2D eigenvalue weighted by molar-refractivity contribution is 5.64. The minimum atomic E-state index is 1.17. The van der Waals surface area contributed by atoms with Crippen molar-refractivity contribution in [3.8, 4) is 11.1 Å². The average Bonchev–Trinajstić information content (AvgIpc) is 2.72. The third-order valence-electron chi connectivity index (χ3n) is 5.36. The number of aryl methyl sites for hydroxylation is 4. The van der Waals surface area contributed by atoms with Crippen LogP contribution in [0, 0.1) is 6.92 Å². The zero-order valence-electron chi connectivity index (χ0n) is 16.9. The summed E-state index contributed by atoms with van der Waals surface area (Å²) in [4.78, 5) is 0. The average molecular weight is 357 g/mol. The van der Waals surface area contributed by atoms with Gasteiger partial charge in [-0.3, -0.25) is 0 Å². The van der Waals surface area contributed by atoms with E-state index in [0.29, 0.717) is 0 Å². The van der Waals surface area contributed by atoms with Crippen molar-refractivity contribution in [3.05, 3.63) is 95.1 Å². The van der Waals surface area contributed by atoms with Crippen LogP contribution < -0.4 is 0 Å². The van der Waals surface area contributed by atoms with Crippen LogP contribution in [0.15, 0.2) is 72.8 Å². The maximum absolute atomic E-state index is 2.30. The van der Waals surface area contributed by atoms with Gasteiger partial charge in [0, 0.05) is 0 Å². The summed E-state index contributed by atoms with van der Waals surface area (Å²) in [6, 6.07) is 27.2. The third-order valence-corrected chi connectivity index (χ3v) is 5.36. The van der Waals surface area contributed by atoms with Crippen LogP contribution >= 0.6 is 0 Å². The number of hydrogen-bond donors (Lipinski definition) is 0. The second kappa shape index (κ2) is 10.1. The zero-order valence-corrected chi connectivity index (χ0v) is 16.9. The fourth-order valence-electron chi connectivity index (χ4n) is 3.52. The van der Waals surface area contributed by atoms with Crippen molar-refractivity contribution in [1.29, 1.82) is 0 Å². The fourth-order valence-corrected chi connectivity index (χ4v) is 3.52. The molecule has 140 valence electrons. The predicted octanol–water partition coefficient (Wildman–Crippen LogP) is 7.57. The first kappa shape index (κ1) is 19.4. The Balaban J connectivity index is 1.47. The van der Waals surface area contributed by atoms with Gasteiger partial charge in [-0.25, -0.2) is 0 Å². The Labute approximate surface area is 165 Å². The molecule has 0 bridgehead atoms. The molecule has 0 heteroatoms. The van der Waals surface area contributed by atoms with Gasteiger partial charge in [-0.2, -0.15) is 0 Å². The first-order valence-electron chi connectivity index (χ1n) is 10.5. The van der Waals surface area contributed by atoms with Crippen molar-refractivity contribution in [2.24, 2.45) is 0 Å². The molecule has 27 heavy (non-hydrogen) atoms. The standard InChI is InChI=1S/C27H32/c1-3-4-7-23-14-18-26(19-15-23)27-20-16-25(17-21-27)9-6-5-8-24-12-10-22(2)11-13-24/h10-21H,3-9H2,1-2H3. The van der Waals surface area contributed by atoms with E-state index < -0.39 is 0 Å². The first-order valence-corrected chi connectivity index (χ1v) is 10.5. The summed E-state index contributed by atoms with van der Waals surface area (Å²) in [5.41, 5.74) is 8.34. The molecule has 0 N–H and O–H groups in total. The highest BCUT2D eigenvalue weighted by Crippen LogP contribution is 2.22. The van der Waals surface area contributed by atoms with E-state index in [4.69, 9.17) is 0 Å². The van der Waals surface area contributed by atoms with Crippen LogP contribution in [0.5, 0.6) is 0 Å². The molecule has 0 aliphatic heterocycles. The van der Waals surface area contributed by atoms with E-state index in [1.165, 1.54) is 78.3 Å². The summed E-state index contributed by atoms with van der Waals surface area (Å²) in [5.74, 6) is 0. The summed E-state index contributed by atoms with van der Waals surface area (Å²) in [6.07, 6.45) is 8.58. The Hall–Kier alpha value is -2.34. The SMILES string of the molecule is CCCCc1ccc(-c2ccc(CCCCc3ccc(C)cc3)cc2)cc1. The van der Waals surface area contributed by atoms with Gasteiger partial charge in [0.25, 0.3) is 0 Å². The van der Waals surface area contributed by atoms with E-state index >= 15 is 0 Å². The number of rotatable bonds is 9. The normalized spacial score (nSPS) is 10.9. The molecule has 3 rings (SSSR count). The van der Waals surface area contributed by atoms with E-state index in [-0.39, 0.29) is 0 Å². The van der Waals surface area contributed by atoms with Crippen molar-refractivity contribution >= 4 is 0 Å². The topological polar surface area (TPSA) is 0 Å². The maximum Gasteiger partial charge on any atom is -0.0184 e. The lowest BCUT2D eigenvalue weighted by atomic mass is 9.99. The van der Waals surface area contributed by atoms with Crippen molar-refractivity contribution in [3.63, 3.8) is 0 Å². The van der Waals surface area contributed by atoms with Gasteiger partial charge in [-0.15, -0.1) is 0 Å². The Morgan fingerprint density at radius 3 is 1.26 bits per heavy atom. The highest BCUT2D eigenvalue weighted by Gasteiger charge is 2.00. The number of unbranched alkanes of at least 4 members (excludes halogenated alkanes) is 2. The molecule has 0 unspecified atom stereocenters. The highest BCUT2D eigenvalue weighted by atomic mass is 14.1. The minimum Gasteiger partial charge on any atom is -0.0654 e. The summed E-state index contributed by atoms with van der Waals surface area (Å²) in [6.45, 7) is 4.40. The van der Waals surface area contributed by atoms with E-state index in [2.05, 4.69) is 86.6 Å². The number of hydrogen-bond acceptors (Lipinski definition) is 0. The molecule has 0 fully saturated rings. The van der Waals surface area contributed by atoms with E-state index in [1.54, 1.807) is 0 Å². The summed E-state index contributed by atoms with van der Waals surface area (Å²) in [5, 5.41) is 0. The van der Waals surface area contributed by atoms with Crippen molar-refractivity contribution < 1.29 is 0 Å². The van der Waals surface area contributed by atoms with Crippen LogP contribution in [0.25, 0.3) is 11.1 Å². The van der Waals surface area contributed by atoms with Gasteiger partial charge in [-0.05, 0) is 73.3 Å². The molecule has 0 amide bonds. The molecule has 0 aliphatic rings. The monoisotopic (exact) mass is 356 g/mol. The minimum absolute atomic E-state index is 1.17. The Morgan fingerprint density at radius 2 is 0.852 bits per heavy atom. The molecule has 0 spiro atoms. The molecule has 0 saturated heterocycles. The predicted molar refractivity (Wildman–Crippen MR) is 118 cm³/mol. The van der Waals surface area contributed by atoms with E-state index in [1.807, 2.05) is 0 Å². The second-order valence-corrected chi connectivity index (χ2v) is 7.69. The van der Waals surface area contributed by atoms with Crippen LogP contribution in [0.3, 0.4) is 0 Å². The molecule has 3 aromatic rings. The quantitative estimate of drug-likeness (QED) is 0.347. The molecule has 0 radical (unpaired) electrons. The molecule has 0 aromatic heterocycles. The van der Waals surface area contributed by atoms with Gasteiger partial charge < -0.3 is 0 Å². The molecule has 0 heterocycles. The molecule has 0 aliphatic carbocycles. The molecule has 0 saturated carbocycles. The zero-order chi connectivity index (χ0) is 18.9. The molecular formula is C27H32. The van der Waals surface area contributed by atoms with Gasteiger partial charge in [0.15, 0.2) is 0 Å². The Morgan fingerprint density at radius 1 is 0.481 bits per heavy atom. The van der Waals surface area contributed by atoms with Crippen LogP contribution in [0.2, 0.25) is 0 Å². The summed E-state index contributed by atoms with van der Waals surface area (Å²) in [7, 11) is 0. The van der Waals surface area contributed by atoms with Crippen LogP contribution in [-0.4, -0.2) is 0 Å². The molecule has 0 atom stereocenters. The lowest BCUT2D eigenvalue weighted by molar-refractivity contribution is 0.734. The smallest absolute Gasteiger partial charge is 0.0184 e. The number of benzene rings is 3. The summed E-state index contributed by atoms with van der Waals surface area (Å²) < 4.78 is 0. The van der Waals surface area contributed by atoms with E-state index in [0.717, 1.165) is 0 Å². The lowest BCUT2D eigenvalue weighted by Crippen LogP contribution is -1.90. The van der Waals surface area contributed by atoms with Crippen LogP contribution in [0.1, 0.15) is 54.9 Å². The maximum atomic E-state index is 2.30. The fraction of sp³-hybridized carbons (Fsp3) is 0.333. The Kier molecular flexibility index (Phi) is 7.27. The molecule has 3 aromatic carbocycles. The van der Waals surface area contributed by atoms with Gasteiger partial charge in [0.1, 0.15) is 0 Å². The van der Waals surface area contributed by atoms with Crippen molar-refractivity contribution in [2.75, 3.05) is 0 Å². The van der Waals surface area contributed by atoms with Gasteiger partial charge in [0.05, 0.1) is 0 Å². The molecular weight excluding hydrogens is 324 g/mol. The van der Waals surface area contributed by atoms with Crippen molar-refractivity contribution in [2.45, 2.75) is 58.8 Å². The van der Waals surface area contributed by atoms with Crippen LogP contribution in [-0.2, 0) is 19.3 Å². The first-order chi connectivity index (χ1) is 13.2. The van der Waals surface area contributed by atoms with Crippen LogP contribution in [0.4, 0.5) is 0 Å². The largest absolute Gasteiger partial charge is 0.0654 e. The summed E-state index contributed by atoms with van der Waals surface area (Å²) >= 11 is 0. The van der Waals surface area contributed by atoms with Gasteiger partial charge in [-0.1, -0.05) is 91.7 Å². The van der Waals surface area contributed by atoms with E-state index in [9.17, 15) is 0 Å². The molecule has 0 nitrogen and oxygen atoms in total. The Bertz CT molecular complexity index is 792. The van der Waals surface area contributed by atoms with Crippen molar-refractivity contribution in [1.82, 2.24) is 0 Å². The van der Waals surface area contributed by atoms with Gasteiger partial charge in [0.2, 0.25) is 0 Å². The second-order valence-electron chi connectivity index (χ2n) is 7.69. The lowest BCUT2D eigenvalue weighted by Gasteiger charge is -2.07. The third kappa shape index (κ3) is 6.10. The van der Waals surface area contributed by atoms with Gasteiger partial charge >= 0.3 is 0 Å².